The number of anilines is 3. The summed E-state index contributed by atoms with van der Waals surface area (Å²) in [5, 5.41) is 13.4. The number of nitriles is 1. The molecule has 2 saturated heterocycles. The smallest absolute Gasteiger partial charge is 0.162 e. The average Bonchev–Trinajstić information content (AvgIpc) is 2.93. The van der Waals surface area contributed by atoms with Gasteiger partial charge in [0.15, 0.2) is 11.5 Å². The Morgan fingerprint density at radius 1 is 1.11 bits per heavy atom. The second-order valence-corrected chi connectivity index (χ2v) is 9.34. The highest BCUT2D eigenvalue weighted by molar-refractivity contribution is 5.89. The first-order valence-electron chi connectivity index (χ1n) is 12.4. The minimum Gasteiger partial charge on any atom is -0.493 e. The highest BCUT2D eigenvalue weighted by atomic mass is 16.5. The van der Waals surface area contributed by atoms with Gasteiger partial charge in [0.05, 0.1) is 44.3 Å². The van der Waals surface area contributed by atoms with Gasteiger partial charge in [-0.05, 0) is 63.2 Å². The van der Waals surface area contributed by atoms with E-state index in [2.05, 4.69) is 33.2 Å². The fraction of sp³-hybridized carbons (Fsp3) is 0.444. The van der Waals surface area contributed by atoms with Crippen LogP contribution >= 0.6 is 0 Å². The molecular formula is C27H32N6O3. The van der Waals surface area contributed by atoms with Gasteiger partial charge in [-0.15, -0.1) is 0 Å². The molecule has 1 aromatic heterocycles. The lowest BCUT2D eigenvalue weighted by Crippen LogP contribution is -2.36. The third-order valence-electron chi connectivity index (χ3n) is 6.90. The van der Waals surface area contributed by atoms with Crippen LogP contribution in [0.1, 0.15) is 18.4 Å². The number of nitrogens with one attached hydrogen (secondary N) is 1. The molecule has 0 spiro atoms. The molecule has 188 valence electrons. The molecule has 0 atom stereocenters. The van der Waals surface area contributed by atoms with E-state index in [9.17, 15) is 5.26 Å². The lowest BCUT2D eigenvalue weighted by molar-refractivity contribution is 0.122. The van der Waals surface area contributed by atoms with E-state index < -0.39 is 0 Å². The number of morpholine rings is 1. The molecule has 0 saturated carbocycles. The van der Waals surface area contributed by atoms with E-state index in [1.807, 2.05) is 30.3 Å². The summed E-state index contributed by atoms with van der Waals surface area (Å²) in [4.78, 5) is 13.8. The molecule has 0 radical (unpaired) electrons. The summed E-state index contributed by atoms with van der Waals surface area (Å²) in [5.74, 6) is 2.69. The molecule has 2 fully saturated rings. The van der Waals surface area contributed by atoms with E-state index in [1.165, 1.54) is 0 Å². The van der Waals surface area contributed by atoms with E-state index in [-0.39, 0.29) is 0 Å². The van der Waals surface area contributed by atoms with Crippen LogP contribution in [0.4, 0.5) is 17.2 Å². The number of hydrogen-bond donors (Lipinski definition) is 1. The number of aromatic nitrogens is 2. The maximum absolute atomic E-state index is 10.0. The zero-order valence-electron chi connectivity index (χ0n) is 20.9. The van der Waals surface area contributed by atoms with Crippen LogP contribution in [0.15, 0.2) is 36.5 Å². The van der Waals surface area contributed by atoms with Crippen molar-refractivity contribution in [3.05, 3.63) is 42.1 Å². The Kier molecular flexibility index (Phi) is 7.35. The van der Waals surface area contributed by atoms with E-state index in [4.69, 9.17) is 19.2 Å². The van der Waals surface area contributed by atoms with Crippen LogP contribution < -0.4 is 19.7 Å². The number of hydrogen-bond acceptors (Lipinski definition) is 9. The molecule has 9 heteroatoms. The van der Waals surface area contributed by atoms with E-state index >= 15 is 0 Å². The van der Waals surface area contributed by atoms with Gasteiger partial charge in [0.2, 0.25) is 0 Å². The molecular weight excluding hydrogens is 456 g/mol. The van der Waals surface area contributed by atoms with Gasteiger partial charge < -0.3 is 29.3 Å². The van der Waals surface area contributed by atoms with Crippen molar-refractivity contribution in [1.82, 2.24) is 14.9 Å². The first-order chi connectivity index (χ1) is 17.6. The highest BCUT2D eigenvalue weighted by Crippen LogP contribution is 2.34. The average molecular weight is 489 g/mol. The molecule has 3 heterocycles. The van der Waals surface area contributed by atoms with E-state index in [1.54, 1.807) is 13.3 Å². The maximum atomic E-state index is 10.0. The summed E-state index contributed by atoms with van der Waals surface area (Å²) in [6.07, 6.45) is 4.05. The molecule has 1 N–H and O–H groups in total. The zero-order valence-corrected chi connectivity index (χ0v) is 20.9. The van der Waals surface area contributed by atoms with Crippen LogP contribution in [0.5, 0.6) is 11.5 Å². The third-order valence-corrected chi connectivity index (χ3v) is 6.90. The summed E-state index contributed by atoms with van der Waals surface area (Å²) in [6.45, 7) is 5.74. The Balaban J connectivity index is 1.35. The summed E-state index contributed by atoms with van der Waals surface area (Å²) in [5.41, 5.74) is 3.18. The van der Waals surface area contributed by atoms with E-state index in [0.717, 1.165) is 56.3 Å². The Labute approximate surface area is 211 Å². The number of methoxy groups -OCH3 is 1. The quantitative estimate of drug-likeness (QED) is 0.532. The van der Waals surface area contributed by atoms with Gasteiger partial charge in [0.25, 0.3) is 0 Å². The maximum Gasteiger partial charge on any atom is 0.162 e. The molecule has 2 aliphatic rings. The fourth-order valence-electron chi connectivity index (χ4n) is 4.69. The standard InChI is InChI=1S/C27H32N6O3/c1-32-9-7-19(8-10-32)18-36-24-6-3-20(15-25(24)34-2)30-22-4-5-23-27(21(22)16-28)31-26(17-29-23)33-11-13-35-14-12-33/h3-6,15,17,19,30H,7-14,18H2,1-2H3. The summed E-state index contributed by atoms with van der Waals surface area (Å²) in [7, 11) is 3.80. The highest BCUT2D eigenvalue weighted by Gasteiger charge is 2.19. The van der Waals surface area contributed by atoms with Gasteiger partial charge in [-0.3, -0.25) is 4.98 Å². The van der Waals surface area contributed by atoms with Crippen LogP contribution in [0.3, 0.4) is 0 Å². The Morgan fingerprint density at radius 2 is 1.92 bits per heavy atom. The predicted molar refractivity (Wildman–Crippen MR) is 139 cm³/mol. The monoisotopic (exact) mass is 488 g/mol. The van der Waals surface area contributed by atoms with Crippen molar-refractivity contribution in [2.45, 2.75) is 12.8 Å². The minimum absolute atomic E-state index is 0.455. The molecule has 36 heavy (non-hydrogen) atoms. The molecule has 9 nitrogen and oxygen atoms in total. The summed E-state index contributed by atoms with van der Waals surface area (Å²) >= 11 is 0. The molecule has 0 aliphatic carbocycles. The van der Waals surface area contributed by atoms with Crippen molar-refractivity contribution < 1.29 is 14.2 Å². The van der Waals surface area contributed by atoms with Crippen LogP contribution in [0, 0.1) is 17.2 Å². The second kappa shape index (κ2) is 11.0. The number of nitrogens with zero attached hydrogens (tertiary/aromatic N) is 5. The van der Waals surface area contributed by atoms with E-state index in [0.29, 0.717) is 53.8 Å². The van der Waals surface area contributed by atoms with Crippen LogP contribution in [0.2, 0.25) is 0 Å². The van der Waals surface area contributed by atoms with Crippen LogP contribution in [-0.2, 0) is 4.74 Å². The van der Waals surface area contributed by atoms with Gasteiger partial charge in [0, 0.05) is 24.8 Å². The SMILES string of the molecule is COc1cc(Nc2ccc3ncc(N4CCOCC4)nc3c2C#N)ccc1OCC1CCN(C)CC1. The summed E-state index contributed by atoms with van der Waals surface area (Å²) in [6, 6.07) is 11.8. The van der Waals surface area contributed by atoms with Gasteiger partial charge in [-0.25, -0.2) is 4.98 Å². The van der Waals surface area contributed by atoms with Crippen molar-refractivity contribution in [2.24, 2.45) is 5.92 Å². The topological polar surface area (TPSA) is 95.8 Å². The molecule has 0 unspecified atom stereocenters. The van der Waals surface area contributed by atoms with Gasteiger partial charge in [-0.2, -0.15) is 5.26 Å². The molecule has 5 rings (SSSR count). The normalized spacial score (nSPS) is 17.1. The first-order valence-corrected chi connectivity index (χ1v) is 12.4. The molecule has 2 aromatic carbocycles. The van der Waals surface area contributed by atoms with Crippen molar-refractivity contribution >= 4 is 28.2 Å². The van der Waals surface area contributed by atoms with Gasteiger partial charge in [-0.1, -0.05) is 0 Å². The van der Waals surface area contributed by atoms with Crippen molar-refractivity contribution in [3.8, 4) is 17.6 Å². The molecule has 0 bridgehead atoms. The summed E-state index contributed by atoms with van der Waals surface area (Å²) < 4.78 is 17.2. The minimum atomic E-state index is 0.455. The fourth-order valence-corrected chi connectivity index (χ4v) is 4.69. The van der Waals surface area contributed by atoms with Crippen LogP contribution in [0.25, 0.3) is 11.0 Å². The molecule has 2 aliphatic heterocycles. The molecule has 3 aromatic rings. The second-order valence-electron chi connectivity index (χ2n) is 9.34. The number of piperidine rings is 1. The predicted octanol–water partition coefficient (Wildman–Crippen LogP) is 3.81. The lowest BCUT2D eigenvalue weighted by Gasteiger charge is -2.28. The van der Waals surface area contributed by atoms with Gasteiger partial charge >= 0.3 is 0 Å². The zero-order chi connectivity index (χ0) is 24.9. The van der Waals surface area contributed by atoms with Gasteiger partial charge in [0.1, 0.15) is 23.0 Å². The van der Waals surface area contributed by atoms with Crippen molar-refractivity contribution in [3.63, 3.8) is 0 Å². The molecule has 0 amide bonds. The Morgan fingerprint density at radius 3 is 2.67 bits per heavy atom. The largest absolute Gasteiger partial charge is 0.493 e. The first kappa shape index (κ1) is 24.1. The lowest BCUT2D eigenvalue weighted by atomic mass is 9.98. The Hall–Kier alpha value is -3.61. The number of benzene rings is 2. The third kappa shape index (κ3) is 5.30. The van der Waals surface area contributed by atoms with Crippen molar-refractivity contribution in [1.29, 1.82) is 5.26 Å². The Bertz CT molecular complexity index is 1250. The number of fused-ring (bicyclic) bond motifs is 1. The number of rotatable bonds is 7. The number of ether oxygens (including phenoxy) is 3. The number of likely N-dealkylation sites (tertiary alicyclic amines) is 1. The van der Waals surface area contributed by atoms with Crippen LogP contribution in [-0.4, -0.2) is 75.0 Å². The van der Waals surface area contributed by atoms with Crippen molar-refractivity contribution in [2.75, 3.05) is 70.4 Å².